The van der Waals surface area contributed by atoms with E-state index in [0.717, 1.165) is 5.56 Å². The van der Waals surface area contributed by atoms with Crippen LogP contribution in [0.15, 0.2) is 23.1 Å². The van der Waals surface area contributed by atoms with Crippen molar-refractivity contribution in [1.82, 2.24) is 0 Å². The fraction of sp³-hybridized carbons (Fsp3) is 0.455. The molecule has 0 aliphatic carbocycles. The van der Waals surface area contributed by atoms with Gasteiger partial charge < -0.3 is 4.74 Å². The van der Waals surface area contributed by atoms with E-state index < -0.39 is 10.1 Å². The molecule has 0 unspecified atom stereocenters. The Balaban J connectivity index is 3.12. The van der Waals surface area contributed by atoms with Crippen LogP contribution >= 0.6 is 0 Å². The zero-order chi connectivity index (χ0) is 12.2. The van der Waals surface area contributed by atoms with E-state index in [2.05, 4.69) is 0 Å². The summed E-state index contributed by atoms with van der Waals surface area (Å²) in [5.41, 5.74) is 0.900. The van der Waals surface area contributed by atoms with Crippen LogP contribution in [-0.4, -0.2) is 21.6 Å². The van der Waals surface area contributed by atoms with Gasteiger partial charge in [0.25, 0.3) is 10.1 Å². The molecule has 1 aromatic rings. The molecule has 0 fully saturated rings. The van der Waals surface area contributed by atoms with Gasteiger partial charge in [-0.1, -0.05) is 6.07 Å². The molecule has 0 atom stereocenters. The van der Waals surface area contributed by atoms with Crippen LogP contribution in [0.4, 0.5) is 0 Å². The molecule has 90 valence electrons. The Labute approximate surface area is 96.3 Å². The van der Waals surface area contributed by atoms with Crippen molar-refractivity contribution < 1.29 is 17.3 Å². The molecule has 0 amide bonds. The molecule has 0 aliphatic heterocycles. The van der Waals surface area contributed by atoms with Crippen molar-refractivity contribution in [2.75, 3.05) is 13.2 Å². The Morgan fingerprint density at radius 1 is 1.19 bits per heavy atom. The highest BCUT2D eigenvalue weighted by Gasteiger charge is 2.15. The van der Waals surface area contributed by atoms with Gasteiger partial charge in [-0.3, -0.25) is 4.18 Å². The molecule has 5 heteroatoms. The van der Waals surface area contributed by atoms with Gasteiger partial charge in [0.05, 0.1) is 18.1 Å². The maximum absolute atomic E-state index is 11.6. The van der Waals surface area contributed by atoms with Crippen LogP contribution in [0.2, 0.25) is 0 Å². The Morgan fingerprint density at radius 3 is 2.44 bits per heavy atom. The molecule has 0 spiro atoms. The summed E-state index contributed by atoms with van der Waals surface area (Å²) in [6, 6.07) is 4.71. The summed E-state index contributed by atoms with van der Waals surface area (Å²) in [6.07, 6.45) is 0. The maximum Gasteiger partial charge on any atom is 0.297 e. The Bertz CT molecular complexity index is 451. The van der Waals surface area contributed by atoms with Crippen molar-refractivity contribution in [3.8, 4) is 5.75 Å². The molecule has 0 bridgehead atoms. The third kappa shape index (κ3) is 2.96. The smallest absolute Gasteiger partial charge is 0.297 e. The van der Waals surface area contributed by atoms with Crippen molar-refractivity contribution in [2.45, 2.75) is 25.7 Å². The van der Waals surface area contributed by atoms with E-state index in [1.165, 1.54) is 12.1 Å². The summed E-state index contributed by atoms with van der Waals surface area (Å²) in [6.45, 7) is 5.97. The van der Waals surface area contributed by atoms with Crippen molar-refractivity contribution in [2.24, 2.45) is 0 Å². The Morgan fingerprint density at radius 2 is 1.88 bits per heavy atom. The second kappa shape index (κ2) is 5.32. The van der Waals surface area contributed by atoms with Gasteiger partial charge >= 0.3 is 0 Å². The minimum atomic E-state index is -3.65. The normalized spacial score (nSPS) is 11.4. The highest BCUT2D eigenvalue weighted by Crippen LogP contribution is 2.23. The minimum absolute atomic E-state index is 0.125. The lowest BCUT2D eigenvalue weighted by atomic mass is 10.2. The predicted molar refractivity (Wildman–Crippen MR) is 61.2 cm³/mol. The summed E-state index contributed by atoms with van der Waals surface area (Å²) in [5.74, 6) is 0.572. The van der Waals surface area contributed by atoms with E-state index in [4.69, 9.17) is 8.92 Å². The molecular formula is C11H16O4S. The standard InChI is InChI=1S/C11H16O4S/c1-4-14-11-8-10(7-6-9(11)3)16(12,13)15-5-2/h6-8H,4-5H2,1-3H3. The number of rotatable bonds is 5. The van der Waals surface area contributed by atoms with E-state index in [1.54, 1.807) is 13.0 Å². The van der Waals surface area contributed by atoms with Gasteiger partial charge in [-0.15, -0.1) is 0 Å². The average molecular weight is 244 g/mol. The van der Waals surface area contributed by atoms with Crippen molar-refractivity contribution >= 4 is 10.1 Å². The van der Waals surface area contributed by atoms with E-state index >= 15 is 0 Å². The minimum Gasteiger partial charge on any atom is -0.494 e. The lowest BCUT2D eigenvalue weighted by Crippen LogP contribution is -2.06. The molecule has 1 rings (SSSR count). The van der Waals surface area contributed by atoms with Crippen LogP contribution in [0.5, 0.6) is 5.75 Å². The van der Waals surface area contributed by atoms with E-state index in [-0.39, 0.29) is 11.5 Å². The SMILES string of the molecule is CCOc1cc(S(=O)(=O)OCC)ccc1C. The first kappa shape index (κ1) is 13.0. The van der Waals surface area contributed by atoms with Crippen molar-refractivity contribution in [3.63, 3.8) is 0 Å². The van der Waals surface area contributed by atoms with E-state index in [9.17, 15) is 8.42 Å². The number of hydrogen-bond acceptors (Lipinski definition) is 4. The molecule has 0 saturated heterocycles. The first-order valence-electron chi connectivity index (χ1n) is 5.14. The second-order valence-electron chi connectivity index (χ2n) is 3.22. The number of hydrogen-bond donors (Lipinski definition) is 0. The lowest BCUT2D eigenvalue weighted by molar-refractivity contribution is 0.330. The van der Waals surface area contributed by atoms with Gasteiger partial charge in [0.15, 0.2) is 0 Å². The molecule has 0 aliphatic rings. The van der Waals surface area contributed by atoms with Crippen LogP contribution in [0, 0.1) is 6.92 Å². The average Bonchev–Trinajstić information content (AvgIpc) is 2.21. The van der Waals surface area contributed by atoms with Crippen LogP contribution in [0.1, 0.15) is 19.4 Å². The lowest BCUT2D eigenvalue weighted by Gasteiger charge is -2.09. The second-order valence-corrected chi connectivity index (χ2v) is 4.84. The molecule has 16 heavy (non-hydrogen) atoms. The molecule has 0 N–H and O–H groups in total. The van der Waals surface area contributed by atoms with Gasteiger partial charge in [-0.25, -0.2) is 0 Å². The zero-order valence-corrected chi connectivity index (χ0v) is 10.5. The monoisotopic (exact) mass is 244 g/mol. The summed E-state index contributed by atoms with van der Waals surface area (Å²) in [7, 11) is -3.65. The third-order valence-electron chi connectivity index (χ3n) is 2.02. The molecule has 0 heterocycles. The van der Waals surface area contributed by atoms with Crippen LogP contribution in [-0.2, 0) is 14.3 Å². The summed E-state index contributed by atoms with van der Waals surface area (Å²) in [5, 5.41) is 0. The fourth-order valence-corrected chi connectivity index (χ4v) is 2.20. The highest BCUT2D eigenvalue weighted by atomic mass is 32.2. The third-order valence-corrected chi connectivity index (χ3v) is 3.40. The van der Waals surface area contributed by atoms with Gasteiger partial charge in [-0.2, -0.15) is 8.42 Å². The number of benzene rings is 1. The topological polar surface area (TPSA) is 52.6 Å². The van der Waals surface area contributed by atoms with Crippen molar-refractivity contribution in [1.29, 1.82) is 0 Å². The largest absolute Gasteiger partial charge is 0.494 e. The van der Waals surface area contributed by atoms with Crippen LogP contribution in [0.25, 0.3) is 0 Å². The first-order valence-corrected chi connectivity index (χ1v) is 6.55. The molecule has 0 saturated carbocycles. The predicted octanol–water partition coefficient (Wildman–Crippen LogP) is 2.12. The van der Waals surface area contributed by atoms with Crippen molar-refractivity contribution in [3.05, 3.63) is 23.8 Å². The molecular weight excluding hydrogens is 228 g/mol. The van der Waals surface area contributed by atoms with Gasteiger partial charge in [0.1, 0.15) is 5.75 Å². The highest BCUT2D eigenvalue weighted by molar-refractivity contribution is 7.86. The van der Waals surface area contributed by atoms with Gasteiger partial charge in [0.2, 0.25) is 0 Å². The summed E-state index contributed by atoms with van der Waals surface area (Å²) in [4.78, 5) is 0.128. The fourth-order valence-electron chi connectivity index (χ4n) is 1.27. The number of ether oxygens (including phenoxy) is 1. The maximum atomic E-state index is 11.6. The molecule has 4 nitrogen and oxygen atoms in total. The van der Waals surface area contributed by atoms with Crippen LogP contribution in [0.3, 0.4) is 0 Å². The van der Waals surface area contributed by atoms with E-state index in [1.807, 2.05) is 13.8 Å². The van der Waals surface area contributed by atoms with Gasteiger partial charge in [0, 0.05) is 6.07 Å². The summed E-state index contributed by atoms with van der Waals surface area (Å²) < 4.78 is 33.3. The Hall–Kier alpha value is -1.07. The molecule has 0 aromatic heterocycles. The Kier molecular flexibility index (Phi) is 4.32. The number of aryl methyl sites for hydroxylation is 1. The first-order chi connectivity index (χ1) is 7.51. The van der Waals surface area contributed by atoms with Crippen LogP contribution < -0.4 is 4.74 Å². The van der Waals surface area contributed by atoms with E-state index in [0.29, 0.717) is 12.4 Å². The molecule has 0 radical (unpaired) electrons. The zero-order valence-electron chi connectivity index (χ0n) is 9.69. The quantitative estimate of drug-likeness (QED) is 0.744. The molecule has 1 aromatic carbocycles. The summed E-state index contributed by atoms with van der Waals surface area (Å²) >= 11 is 0. The van der Waals surface area contributed by atoms with Gasteiger partial charge in [-0.05, 0) is 32.4 Å².